The van der Waals surface area contributed by atoms with E-state index < -0.39 is 0 Å². The van der Waals surface area contributed by atoms with E-state index in [-0.39, 0.29) is 6.03 Å². The Morgan fingerprint density at radius 3 is 2.60 bits per heavy atom. The van der Waals surface area contributed by atoms with Crippen molar-refractivity contribution in [3.63, 3.8) is 0 Å². The summed E-state index contributed by atoms with van der Waals surface area (Å²) < 4.78 is 5.47. The van der Waals surface area contributed by atoms with E-state index in [0.29, 0.717) is 18.1 Å². The van der Waals surface area contributed by atoms with E-state index in [2.05, 4.69) is 22.5 Å². The third-order valence-corrected chi connectivity index (χ3v) is 2.49. The second kappa shape index (κ2) is 7.13. The van der Waals surface area contributed by atoms with Crippen LogP contribution in [0.5, 0.6) is 5.75 Å². The minimum Gasteiger partial charge on any atom is -0.494 e. The number of nitrogens with zero attached hydrogens (tertiary/aromatic N) is 1. The maximum Gasteiger partial charge on any atom is 0.324 e. The predicted octanol–water partition coefficient (Wildman–Crippen LogP) is 3.51. The Morgan fingerprint density at radius 1 is 1.15 bits per heavy atom. The molecule has 0 radical (unpaired) electrons. The van der Waals surface area contributed by atoms with Gasteiger partial charge >= 0.3 is 6.03 Å². The SMILES string of the molecule is CCCOc1ccc(NC(=O)Nc2ccccn2)cc1. The summed E-state index contributed by atoms with van der Waals surface area (Å²) in [5.74, 6) is 1.30. The number of amides is 2. The smallest absolute Gasteiger partial charge is 0.324 e. The fraction of sp³-hybridized carbons (Fsp3) is 0.200. The van der Waals surface area contributed by atoms with E-state index in [4.69, 9.17) is 4.74 Å². The van der Waals surface area contributed by atoms with Crippen LogP contribution in [0.2, 0.25) is 0 Å². The van der Waals surface area contributed by atoms with E-state index in [1.807, 2.05) is 18.2 Å². The Hall–Kier alpha value is -2.56. The van der Waals surface area contributed by atoms with Gasteiger partial charge in [0.05, 0.1) is 6.61 Å². The molecule has 5 heteroatoms. The van der Waals surface area contributed by atoms with Crippen LogP contribution in [0.4, 0.5) is 16.3 Å². The zero-order valence-corrected chi connectivity index (χ0v) is 11.3. The van der Waals surface area contributed by atoms with Gasteiger partial charge in [-0.2, -0.15) is 0 Å². The van der Waals surface area contributed by atoms with Gasteiger partial charge < -0.3 is 10.1 Å². The zero-order valence-electron chi connectivity index (χ0n) is 11.3. The summed E-state index contributed by atoms with van der Waals surface area (Å²) in [6.07, 6.45) is 2.59. The number of rotatable bonds is 5. The van der Waals surface area contributed by atoms with E-state index in [9.17, 15) is 4.79 Å². The van der Waals surface area contributed by atoms with Gasteiger partial charge in [-0.25, -0.2) is 9.78 Å². The summed E-state index contributed by atoms with van der Waals surface area (Å²) in [5, 5.41) is 5.37. The van der Waals surface area contributed by atoms with Crippen LogP contribution in [0, 0.1) is 0 Å². The molecule has 20 heavy (non-hydrogen) atoms. The van der Waals surface area contributed by atoms with Crippen LogP contribution < -0.4 is 15.4 Å². The van der Waals surface area contributed by atoms with Crippen LogP contribution in [-0.4, -0.2) is 17.6 Å². The molecule has 0 unspecified atom stereocenters. The van der Waals surface area contributed by atoms with Crippen LogP contribution in [0.1, 0.15) is 13.3 Å². The average Bonchev–Trinajstić information content (AvgIpc) is 2.47. The Morgan fingerprint density at radius 2 is 1.95 bits per heavy atom. The molecule has 0 atom stereocenters. The second-order valence-electron chi connectivity index (χ2n) is 4.17. The van der Waals surface area contributed by atoms with E-state index in [1.54, 1.807) is 30.5 Å². The summed E-state index contributed by atoms with van der Waals surface area (Å²) in [7, 11) is 0. The lowest BCUT2D eigenvalue weighted by molar-refractivity contribution is 0.262. The highest BCUT2D eigenvalue weighted by atomic mass is 16.5. The first-order valence-electron chi connectivity index (χ1n) is 6.50. The van der Waals surface area contributed by atoms with Crippen molar-refractivity contribution in [1.82, 2.24) is 4.98 Å². The third kappa shape index (κ3) is 4.28. The highest BCUT2D eigenvalue weighted by molar-refractivity contribution is 5.99. The number of benzene rings is 1. The number of urea groups is 1. The maximum absolute atomic E-state index is 11.7. The molecule has 2 rings (SSSR count). The Bertz CT molecular complexity index is 541. The predicted molar refractivity (Wildman–Crippen MR) is 79.1 cm³/mol. The normalized spacial score (nSPS) is 9.85. The van der Waals surface area contributed by atoms with Crippen molar-refractivity contribution in [3.8, 4) is 5.75 Å². The van der Waals surface area contributed by atoms with Crippen molar-refractivity contribution >= 4 is 17.5 Å². The van der Waals surface area contributed by atoms with Crippen molar-refractivity contribution in [3.05, 3.63) is 48.7 Å². The molecule has 0 saturated heterocycles. The van der Waals surface area contributed by atoms with Crippen molar-refractivity contribution in [2.75, 3.05) is 17.2 Å². The molecular formula is C15H17N3O2. The van der Waals surface area contributed by atoms with Gasteiger partial charge in [-0.3, -0.25) is 5.32 Å². The lowest BCUT2D eigenvalue weighted by Crippen LogP contribution is -2.19. The number of nitrogens with one attached hydrogen (secondary N) is 2. The third-order valence-electron chi connectivity index (χ3n) is 2.49. The van der Waals surface area contributed by atoms with Crippen LogP contribution >= 0.6 is 0 Å². The molecule has 0 aliphatic heterocycles. The van der Waals surface area contributed by atoms with Crippen LogP contribution in [0.15, 0.2) is 48.7 Å². The van der Waals surface area contributed by atoms with Gasteiger partial charge in [-0.15, -0.1) is 0 Å². The molecule has 2 amide bonds. The molecule has 0 aliphatic rings. The van der Waals surface area contributed by atoms with Gasteiger partial charge in [0.1, 0.15) is 11.6 Å². The van der Waals surface area contributed by atoms with Gasteiger partial charge in [-0.05, 0) is 42.8 Å². The van der Waals surface area contributed by atoms with Gasteiger partial charge in [-0.1, -0.05) is 13.0 Å². The number of carbonyl (C=O) groups is 1. The number of carbonyl (C=O) groups excluding carboxylic acids is 1. The van der Waals surface area contributed by atoms with Crippen LogP contribution in [-0.2, 0) is 0 Å². The fourth-order valence-corrected chi connectivity index (χ4v) is 1.57. The van der Waals surface area contributed by atoms with Crippen LogP contribution in [0.25, 0.3) is 0 Å². The van der Waals surface area contributed by atoms with Crippen molar-refractivity contribution < 1.29 is 9.53 Å². The first-order chi connectivity index (χ1) is 9.78. The summed E-state index contributed by atoms with van der Waals surface area (Å²) in [6, 6.07) is 12.2. The summed E-state index contributed by atoms with van der Waals surface area (Å²) in [4.78, 5) is 15.8. The summed E-state index contributed by atoms with van der Waals surface area (Å²) >= 11 is 0. The topological polar surface area (TPSA) is 63.2 Å². The molecule has 2 aromatic rings. The van der Waals surface area contributed by atoms with E-state index >= 15 is 0 Å². The first-order valence-corrected chi connectivity index (χ1v) is 6.50. The van der Waals surface area contributed by atoms with Gasteiger partial charge in [0.25, 0.3) is 0 Å². The van der Waals surface area contributed by atoms with Crippen molar-refractivity contribution in [1.29, 1.82) is 0 Å². The molecule has 1 aromatic carbocycles. The molecular weight excluding hydrogens is 254 g/mol. The van der Waals surface area contributed by atoms with Gasteiger partial charge in [0.2, 0.25) is 0 Å². The number of anilines is 2. The lowest BCUT2D eigenvalue weighted by atomic mass is 10.3. The zero-order chi connectivity index (χ0) is 14.2. The highest BCUT2D eigenvalue weighted by Gasteiger charge is 2.03. The number of hydrogen-bond donors (Lipinski definition) is 2. The number of ether oxygens (including phenoxy) is 1. The van der Waals surface area contributed by atoms with Gasteiger partial charge in [0, 0.05) is 11.9 Å². The maximum atomic E-state index is 11.7. The first kappa shape index (κ1) is 13.9. The Kier molecular flexibility index (Phi) is 4.94. The molecule has 0 fully saturated rings. The molecule has 0 spiro atoms. The Balaban J connectivity index is 1.88. The molecule has 2 N–H and O–H groups in total. The monoisotopic (exact) mass is 271 g/mol. The Labute approximate surface area is 118 Å². The molecule has 1 heterocycles. The molecule has 5 nitrogen and oxygen atoms in total. The largest absolute Gasteiger partial charge is 0.494 e. The molecule has 104 valence electrons. The van der Waals surface area contributed by atoms with E-state index in [1.165, 1.54) is 0 Å². The fourth-order valence-electron chi connectivity index (χ4n) is 1.57. The average molecular weight is 271 g/mol. The standard InChI is InChI=1S/C15H17N3O2/c1-2-11-20-13-8-6-12(7-9-13)17-15(19)18-14-5-3-4-10-16-14/h3-10H,2,11H2,1H3,(H2,16,17,18,19). The number of pyridine rings is 1. The number of hydrogen-bond acceptors (Lipinski definition) is 3. The quantitative estimate of drug-likeness (QED) is 0.874. The van der Waals surface area contributed by atoms with Crippen molar-refractivity contribution in [2.45, 2.75) is 13.3 Å². The van der Waals surface area contributed by atoms with Crippen LogP contribution in [0.3, 0.4) is 0 Å². The lowest BCUT2D eigenvalue weighted by Gasteiger charge is -2.08. The summed E-state index contributed by atoms with van der Waals surface area (Å²) in [5.41, 5.74) is 0.697. The minimum absolute atomic E-state index is 0.328. The van der Waals surface area contributed by atoms with Crippen molar-refractivity contribution in [2.24, 2.45) is 0 Å². The molecule has 0 saturated carbocycles. The highest BCUT2D eigenvalue weighted by Crippen LogP contribution is 2.16. The second-order valence-corrected chi connectivity index (χ2v) is 4.17. The molecule has 0 aliphatic carbocycles. The molecule has 1 aromatic heterocycles. The van der Waals surface area contributed by atoms with E-state index in [0.717, 1.165) is 12.2 Å². The summed E-state index contributed by atoms with van der Waals surface area (Å²) in [6.45, 7) is 2.74. The minimum atomic E-state index is -0.328. The molecule has 0 bridgehead atoms. The number of aromatic nitrogens is 1. The van der Waals surface area contributed by atoms with Gasteiger partial charge in [0.15, 0.2) is 0 Å².